The summed E-state index contributed by atoms with van der Waals surface area (Å²) in [6.45, 7) is 0. The Bertz CT molecular complexity index is 665. The fourth-order valence-corrected chi connectivity index (χ4v) is 2.20. The van der Waals surface area contributed by atoms with Gasteiger partial charge in [-0.25, -0.2) is 0 Å². The molecule has 0 amide bonds. The zero-order chi connectivity index (χ0) is 15.4. The molecule has 2 aromatic carbocycles. The molecule has 0 aliphatic carbocycles. The van der Waals surface area contributed by atoms with Gasteiger partial charge in [0.2, 0.25) is 0 Å². The first-order chi connectivity index (χ1) is 10.8. The van der Waals surface area contributed by atoms with Crippen molar-refractivity contribution >= 4 is 0 Å². The highest BCUT2D eigenvalue weighted by molar-refractivity contribution is 5.67. The summed E-state index contributed by atoms with van der Waals surface area (Å²) in [7, 11) is 3.31. The second kappa shape index (κ2) is 6.31. The van der Waals surface area contributed by atoms with E-state index in [1.807, 2.05) is 54.7 Å². The van der Waals surface area contributed by atoms with Crippen LogP contribution in [0.2, 0.25) is 0 Å². The van der Waals surface area contributed by atoms with Crippen LogP contribution in [-0.4, -0.2) is 19.2 Å². The molecule has 0 bridgehead atoms. The maximum atomic E-state index is 5.17. The van der Waals surface area contributed by atoms with Gasteiger partial charge in [0.1, 0.15) is 5.75 Å². The molecule has 0 fully saturated rings. The zero-order valence-corrected chi connectivity index (χ0v) is 12.5. The van der Waals surface area contributed by atoms with Crippen LogP contribution in [0.1, 0.15) is 0 Å². The van der Waals surface area contributed by atoms with Crippen LogP contribution in [0, 0.1) is 6.07 Å². The third-order valence-electron chi connectivity index (χ3n) is 3.48. The first kappa shape index (κ1) is 14.1. The molecular weight excluding hydrogens is 274 g/mol. The lowest BCUT2D eigenvalue weighted by atomic mass is 10.1. The minimum Gasteiger partial charge on any atom is -0.540 e. The number of methoxy groups -OCH3 is 2. The molecule has 0 N–H and O–H groups in total. The highest BCUT2D eigenvalue weighted by atomic mass is 16.5. The summed E-state index contributed by atoms with van der Waals surface area (Å²) < 4.78 is 10.3. The zero-order valence-electron chi connectivity index (χ0n) is 12.5. The van der Waals surface area contributed by atoms with Crippen LogP contribution in [0.25, 0.3) is 22.4 Å². The molecular formula is C19H16NO2-. The number of hydrogen-bond acceptors (Lipinski definition) is 3. The molecule has 0 unspecified atom stereocenters. The molecule has 0 saturated carbocycles. The van der Waals surface area contributed by atoms with Crippen molar-refractivity contribution in [3.8, 4) is 33.9 Å². The van der Waals surface area contributed by atoms with Gasteiger partial charge in [0.25, 0.3) is 0 Å². The van der Waals surface area contributed by atoms with Crippen molar-refractivity contribution in [2.24, 2.45) is 0 Å². The SMILES string of the molecule is COc1c[c-]c(-c2ccc(-c3ccc(OC)cc3)cn2)cc1. The van der Waals surface area contributed by atoms with Crippen molar-refractivity contribution < 1.29 is 9.47 Å². The van der Waals surface area contributed by atoms with Crippen molar-refractivity contribution in [3.63, 3.8) is 0 Å². The first-order valence-electron chi connectivity index (χ1n) is 6.97. The largest absolute Gasteiger partial charge is 0.540 e. The smallest absolute Gasteiger partial charge is 0.118 e. The summed E-state index contributed by atoms with van der Waals surface area (Å²) in [6, 6.07) is 20.8. The molecule has 0 radical (unpaired) electrons. The van der Waals surface area contributed by atoms with Crippen molar-refractivity contribution in [2.75, 3.05) is 14.2 Å². The second-order valence-electron chi connectivity index (χ2n) is 4.80. The van der Waals surface area contributed by atoms with E-state index in [4.69, 9.17) is 9.47 Å². The number of pyridine rings is 1. The molecule has 0 aliphatic rings. The van der Waals surface area contributed by atoms with E-state index in [0.29, 0.717) is 0 Å². The number of benzene rings is 2. The van der Waals surface area contributed by atoms with Gasteiger partial charge in [0, 0.05) is 11.9 Å². The summed E-state index contributed by atoms with van der Waals surface area (Å²) >= 11 is 0. The Kier molecular flexibility index (Phi) is 4.05. The third-order valence-corrected chi connectivity index (χ3v) is 3.48. The predicted octanol–water partition coefficient (Wildman–Crippen LogP) is 4.23. The average molecular weight is 290 g/mol. The molecule has 0 atom stereocenters. The molecule has 0 aliphatic heterocycles. The Morgan fingerprint density at radius 2 is 1.45 bits per heavy atom. The minimum atomic E-state index is 0.790. The van der Waals surface area contributed by atoms with Crippen LogP contribution in [0.4, 0.5) is 0 Å². The summed E-state index contributed by atoms with van der Waals surface area (Å²) in [4.78, 5) is 4.52. The fourth-order valence-electron chi connectivity index (χ4n) is 2.20. The van der Waals surface area contributed by atoms with Crippen LogP contribution in [-0.2, 0) is 0 Å². The van der Waals surface area contributed by atoms with E-state index >= 15 is 0 Å². The van der Waals surface area contributed by atoms with Gasteiger partial charge in [-0.15, -0.1) is 29.8 Å². The van der Waals surface area contributed by atoms with Crippen molar-refractivity contribution in [3.05, 3.63) is 66.9 Å². The molecule has 3 rings (SSSR count). The molecule has 3 nitrogen and oxygen atoms in total. The van der Waals surface area contributed by atoms with E-state index in [-0.39, 0.29) is 0 Å². The number of hydrogen-bond donors (Lipinski definition) is 0. The highest BCUT2D eigenvalue weighted by Crippen LogP contribution is 2.25. The van der Waals surface area contributed by atoms with E-state index in [1.54, 1.807) is 14.2 Å². The van der Waals surface area contributed by atoms with Crippen LogP contribution in [0.3, 0.4) is 0 Å². The average Bonchev–Trinajstić information content (AvgIpc) is 2.62. The highest BCUT2D eigenvalue weighted by Gasteiger charge is 1.99. The molecule has 0 saturated heterocycles. The normalized spacial score (nSPS) is 10.3. The quantitative estimate of drug-likeness (QED) is 0.674. The van der Waals surface area contributed by atoms with Crippen LogP contribution >= 0.6 is 0 Å². The summed E-state index contributed by atoms with van der Waals surface area (Å²) in [5, 5.41) is 0. The minimum absolute atomic E-state index is 0.790. The Morgan fingerprint density at radius 3 is 2.00 bits per heavy atom. The van der Waals surface area contributed by atoms with Gasteiger partial charge in [-0.1, -0.05) is 24.3 Å². The molecule has 1 aromatic heterocycles. The lowest BCUT2D eigenvalue weighted by molar-refractivity contribution is 0.414. The van der Waals surface area contributed by atoms with E-state index in [2.05, 4.69) is 17.1 Å². The molecule has 3 heteroatoms. The Balaban J connectivity index is 1.84. The molecule has 3 aromatic rings. The maximum Gasteiger partial charge on any atom is 0.118 e. The van der Waals surface area contributed by atoms with Gasteiger partial charge in [-0.2, -0.15) is 0 Å². The predicted molar refractivity (Wildman–Crippen MR) is 87.0 cm³/mol. The van der Waals surface area contributed by atoms with Gasteiger partial charge < -0.3 is 14.5 Å². The van der Waals surface area contributed by atoms with Gasteiger partial charge in [-0.05, 0) is 29.0 Å². The Hall–Kier alpha value is -2.81. The summed E-state index contributed by atoms with van der Waals surface area (Å²) in [5.74, 6) is 1.64. The first-order valence-corrected chi connectivity index (χ1v) is 6.97. The van der Waals surface area contributed by atoms with Crippen molar-refractivity contribution in [2.45, 2.75) is 0 Å². The number of aromatic nitrogens is 1. The molecule has 22 heavy (non-hydrogen) atoms. The summed E-state index contributed by atoms with van der Waals surface area (Å²) in [5.41, 5.74) is 4.01. The summed E-state index contributed by atoms with van der Waals surface area (Å²) in [6.07, 6.45) is 1.87. The van der Waals surface area contributed by atoms with Gasteiger partial charge >= 0.3 is 0 Å². The molecule has 0 spiro atoms. The molecule has 110 valence electrons. The van der Waals surface area contributed by atoms with Gasteiger partial charge in [-0.3, -0.25) is 0 Å². The van der Waals surface area contributed by atoms with Crippen molar-refractivity contribution in [1.82, 2.24) is 4.98 Å². The second-order valence-corrected chi connectivity index (χ2v) is 4.80. The maximum absolute atomic E-state index is 5.17. The van der Waals surface area contributed by atoms with Gasteiger partial charge in [0.15, 0.2) is 0 Å². The Morgan fingerprint density at radius 1 is 0.773 bits per heavy atom. The van der Waals surface area contributed by atoms with E-state index in [0.717, 1.165) is 33.9 Å². The molecule has 1 heterocycles. The van der Waals surface area contributed by atoms with Crippen LogP contribution in [0.15, 0.2) is 60.8 Å². The number of nitrogens with zero attached hydrogens (tertiary/aromatic N) is 1. The lowest BCUT2D eigenvalue weighted by Crippen LogP contribution is -1.87. The van der Waals surface area contributed by atoms with E-state index in [9.17, 15) is 0 Å². The fraction of sp³-hybridized carbons (Fsp3) is 0.105. The third kappa shape index (κ3) is 2.93. The van der Waals surface area contributed by atoms with Crippen molar-refractivity contribution in [1.29, 1.82) is 0 Å². The Labute approximate surface area is 130 Å². The topological polar surface area (TPSA) is 31.4 Å². The van der Waals surface area contributed by atoms with E-state index in [1.165, 1.54) is 0 Å². The van der Waals surface area contributed by atoms with Crippen LogP contribution < -0.4 is 9.47 Å². The number of rotatable bonds is 4. The monoisotopic (exact) mass is 290 g/mol. The lowest BCUT2D eigenvalue weighted by Gasteiger charge is -2.11. The van der Waals surface area contributed by atoms with Crippen LogP contribution in [0.5, 0.6) is 11.5 Å². The standard InChI is InChI=1S/C19H16NO2/c1-21-17-8-3-14(4-9-17)16-7-12-19(20-13-16)15-5-10-18(22-2)11-6-15/h3-5,7-13H,1-2H3/q-1. The van der Waals surface area contributed by atoms with Gasteiger partial charge in [0.05, 0.1) is 14.2 Å². The van der Waals surface area contributed by atoms with E-state index < -0.39 is 0 Å². The number of ether oxygens (including phenoxy) is 2.